The van der Waals surface area contributed by atoms with E-state index in [9.17, 15) is 9.59 Å². The van der Waals surface area contributed by atoms with Gasteiger partial charge >= 0.3 is 6.03 Å². The molecule has 2 aliphatic rings. The van der Waals surface area contributed by atoms with Crippen molar-refractivity contribution in [3.63, 3.8) is 0 Å². The number of nitrogens with zero attached hydrogens (tertiary/aromatic N) is 3. The van der Waals surface area contributed by atoms with Gasteiger partial charge in [-0.25, -0.2) is 4.79 Å². The number of methoxy groups -OCH3 is 1. The number of urea groups is 1. The second kappa shape index (κ2) is 10.0. The first-order valence-corrected chi connectivity index (χ1v) is 11.8. The molecule has 6 heteroatoms. The molecule has 2 fully saturated rings. The molecule has 2 aliphatic heterocycles. The number of imide groups is 1. The summed E-state index contributed by atoms with van der Waals surface area (Å²) in [6.45, 7) is 12.6. The Hall–Kier alpha value is -2.08. The molecule has 0 aromatic heterocycles. The van der Waals surface area contributed by atoms with E-state index in [-0.39, 0.29) is 11.9 Å². The van der Waals surface area contributed by atoms with Crippen molar-refractivity contribution in [2.75, 3.05) is 33.3 Å². The highest BCUT2D eigenvalue weighted by molar-refractivity contribution is 6.07. The van der Waals surface area contributed by atoms with Crippen LogP contribution in [-0.2, 0) is 11.3 Å². The molecule has 1 aromatic carbocycles. The summed E-state index contributed by atoms with van der Waals surface area (Å²) >= 11 is 0. The Bertz CT molecular complexity index is 771. The molecule has 2 saturated heterocycles. The van der Waals surface area contributed by atoms with Crippen molar-refractivity contribution >= 4 is 11.9 Å². The summed E-state index contributed by atoms with van der Waals surface area (Å²) in [4.78, 5) is 33.0. The lowest BCUT2D eigenvalue weighted by atomic mass is 9.85. The topological polar surface area (TPSA) is 53.1 Å². The van der Waals surface area contributed by atoms with Gasteiger partial charge in [0, 0.05) is 26.2 Å². The highest BCUT2D eigenvalue weighted by Gasteiger charge is 2.57. The van der Waals surface area contributed by atoms with Gasteiger partial charge < -0.3 is 14.5 Å². The predicted molar refractivity (Wildman–Crippen MR) is 123 cm³/mol. The van der Waals surface area contributed by atoms with Gasteiger partial charge in [0.15, 0.2) is 0 Å². The van der Waals surface area contributed by atoms with Crippen molar-refractivity contribution in [3.8, 4) is 5.75 Å². The standard InChI is InChI=1S/C25H39N3O3/c1-6-20(4)17-26-14-11-25(12-15-26)23(29)27(24(30)28(25)13-10-19(2)3)18-21-8-7-9-22(16-21)31-5/h7-9,16,19-20H,6,10-15,17-18H2,1-5H3/t20-/m0/s1. The average Bonchev–Trinajstić information content (AvgIpc) is 2.95. The van der Waals surface area contributed by atoms with Crippen LogP contribution in [0.2, 0.25) is 0 Å². The van der Waals surface area contributed by atoms with E-state index in [0.29, 0.717) is 24.9 Å². The number of ether oxygens (including phenoxy) is 1. The van der Waals surface area contributed by atoms with Crippen molar-refractivity contribution in [1.82, 2.24) is 14.7 Å². The van der Waals surface area contributed by atoms with Crippen LogP contribution in [0, 0.1) is 11.8 Å². The lowest BCUT2D eigenvalue weighted by Crippen LogP contribution is -2.57. The monoisotopic (exact) mass is 429 g/mol. The SMILES string of the molecule is CC[C@H](C)CN1CCC2(CC1)C(=O)N(Cc1cccc(OC)c1)C(=O)N2CCC(C)C. The van der Waals surface area contributed by atoms with E-state index in [1.165, 1.54) is 4.90 Å². The van der Waals surface area contributed by atoms with E-state index in [0.717, 1.165) is 56.6 Å². The van der Waals surface area contributed by atoms with Gasteiger partial charge in [-0.2, -0.15) is 0 Å². The van der Waals surface area contributed by atoms with Gasteiger partial charge in [-0.1, -0.05) is 46.2 Å². The zero-order chi connectivity index (χ0) is 22.6. The molecule has 0 bridgehead atoms. The van der Waals surface area contributed by atoms with Gasteiger partial charge in [-0.3, -0.25) is 9.69 Å². The van der Waals surface area contributed by atoms with Gasteiger partial charge in [-0.15, -0.1) is 0 Å². The zero-order valence-electron chi connectivity index (χ0n) is 19.9. The molecule has 6 nitrogen and oxygen atoms in total. The fraction of sp³-hybridized carbons (Fsp3) is 0.680. The minimum absolute atomic E-state index is 0.0210. The van der Waals surface area contributed by atoms with E-state index in [1.807, 2.05) is 29.2 Å². The Balaban J connectivity index is 1.80. The normalized spacial score (nSPS) is 20.2. The first-order chi connectivity index (χ1) is 14.8. The maximum Gasteiger partial charge on any atom is 0.327 e. The molecule has 3 rings (SSSR count). The summed E-state index contributed by atoms with van der Waals surface area (Å²) in [5.74, 6) is 1.85. The van der Waals surface area contributed by atoms with Crippen LogP contribution in [0.3, 0.4) is 0 Å². The van der Waals surface area contributed by atoms with E-state index in [4.69, 9.17) is 4.74 Å². The largest absolute Gasteiger partial charge is 0.497 e. The molecular formula is C25H39N3O3. The van der Waals surface area contributed by atoms with E-state index in [1.54, 1.807) is 7.11 Å². The first kappa shape index (κ1) is 23.6. The van der Waals surface area contributed by atoms with Gasteiger partial charge in [0.2, 0.25) is 0 Å². The van der Waals surface area contributed by atoms with Crippen molar-refractivity contribution in [3.05, 3.63) is 29.8 Å². The third-order valence-corrected chi connectivity index (χ3v) is 6.98. The number of benzene rings is 1. The Morgan fingerprint density at radius 2 is 1.84 bits per heavy atom. The smallest absolute Gasteiger partial charge is 0.327 e. The van der Waals surface area contributed by atoms with Crippen molar-refractivity contribution in [2.45, 2.75) is 65.5 Å². The van der Waals surface area contributed by atoms with Crippen LogP contribution < -0.4 is 4.74 Å². The number of piperidine rings is 1. The Labute approximate surface area is 187 Å². The molecule has 2 heterocycles. The lowest BCUT2D eigenvalue weighted by molar-refractivity contribution is -0.136. The molecule has 1 atom stereocenters. The van der Waals surface area contributed by atoms with Crippen LogP contribution in [0.5, 0.6) is 5.75 Å². The number of hydrogen-bond acceptors (Lipinski definition) is 4. The number of likely N-dealkylation sites (tertiary alicyclic amines) is 1. The summed E-state index contributed by atoms with van der Waals surface area (Å²) in [7, 11) is 1.63. The maximum absolute atomic E-state index is 13.7. The number of carbonyl (C=O) groups is 2. The highest BCUT2D eigenvalue weighted by atomic mass is 16.5. The molecule has 0 N–H and O–H groups in total. The third-order valence-electron chi connectivity index (χ3n) is 6.98. The van der Waals surface area contributed by atoms with Gasteiger partial charge in [0.1, 0.15) is 11.3 Å². The van der Waals surface area contributed by atoms with Crippen molar-refractivity contribution < 1.29 is 14.3 Å². The van der Waals surface area contributed by atoms with Crippen LogP contribution >= 0.6 is 0 Å². The Kier molecular flexibility index (Phi) is 7.63. The second-order valence-electron chi connectivity index (χ2n) is 9.71. The predicted octanol–water partition coefficient (Wildman–Crippen LogP) is 4.39. The van der Waals surface area contributed by atoms with Gasteiger partial charge in [0.05, 0.1) is 13.7 Å². The van der Waals surface area contributed by atoms with E-state index < -0.39 is 5.54 Å². The van der Waals surface area contributed by atoms with Crippen LogP contribution in [0.4, 0.5) is 4.79 Å². The van der Waals surface area contributed by atoms with Crippen LogP contribution in [0.1, 0.15) is 58.9 Å². The summed E-state index contributed by atoms with van der Waals surface area (Å²) in [5.41, 5.74) is 0.229. The molecule has 0 radical (unpaired) electrons. The van der Waals surface area contributed by atoms with Crippen molar-refractivity contribution in [2.24, 2.45) is 11.8 Å². The second-order valence-corrected chi connectivity index (χ2v) is 9.71. The Morgan fingerprint density at radius 3 is 2.45 bits per heavy atom. The summed E-state index contributed by atoms with van der Waals surface area (Å²) in [6, 6.07) is 7.49. The fourth-order valence-electron chi connectivity index (χ4n) is 4.73. The van der Waals surface area contributed by atoms with E-state index in [2.05, 4.69) is 32.6 Å². The molecule has 1 aromatic rings. The summed E-state index contributed by atoms with van der Waals surface area (Å²) < 4.78 is 5.32. The fourth-order valence-corrected chi connectivity index (χ4v) is 4.73. The highest BCUT2D eigenvalue weighted by Crippen LogP contribution is 2.38. The number of carbonyl (C=O) groups excluding carboxylic acids is 2. The number of hydrogen-bond donors (Lipinski definition) is 0. The van der Waals surface area contributed by atoms with E-state index >= 15 is 0 Å². The van der Waals surface area contributed by atoms with Crippen LogP contribution in [0.25, 0.3) is 0 Å². The van der Waals surface area contributed by atoms with Gasteiger partial charge in [-0.05, 0) is 48.8 Å². The molecule has 0 aliphatic carbocycles. The molecule has 0 unspecified atom stereocenters. The van der Waals surface area contributed by atoms with Crippen LogP contribution in [-0.4, -0.2) is 65.5 Å². The molecule has 1 spiro atoms. The molecule has 3 amide bonds. The first-order valence-electron chi connectivity index (χ1n) is 11.8. The van der Waals surface area contributed by atoms with Crippen molar-refractivity contribution in [1.29, 1.82) is 0 Å². The van der Waals surface area contributed by atoms with Crippen LogP contribution in [0.15, 0.2) is 24.3 Å². The molecule has 31 heavy (non-hydrogen) atoms. The number of rotatable bonds is 9. The molecule has 0 saturated carbocycles. The maximum atomic E-state index is 13.7. The molecule has 172 valence electrons. The minimum atomic E-state index is -0.684. The number of amides is 3. The third kappa shape index (κ3) is 5.05. The zero-order valence-corrected chi connectivity index (χ0v) is 19.9. The summed E-state index contributed by atoms with van der Waals surface area (Å²) in [6.07, 6.45) is 3.51. The van der Waals surface area contributed by atoms with Gasteiger partial charge in [0.25, 0.3) is 5.91 Å². The quantitative estimate of drug-likeness (QED) is 0.547. The minimum Gasteiger partial charge on any atom is -0.497 e. The Morgan fingerprint density at radius 1 is 1.13 bits per heavy atom. The lowest BCUT2D eigenvalue weighted by Gasteiger charge is -2.43. The average molecular weight is 430 g/mol. The molecular weight excluding hydrogens is 390 g/mol. The summed E-state index contributed by atoms with van der Waals surface area (Å²) in [5, 5.41) is 0.